The first-order chi connectivity index (χ1) is 13.5. The standard InChI is InChI=1S/C19H17FN4O3S/c20-15-11-13-18(14-12-15)28(26,27)24(17-9-5-2-6-10-17)23-19(25)22-21-16-7-3-1-4-8-16/h1-14,21H,(H2,22,23,25). The molecule has 144 valence electrons. The zero-order chi connectivity index (χ0) is 20.0. The van der Waals surface area contributed by atoms with Crippen LogP contribution in [0.2, 0.25) is 0 Å². The maximum absolute atomic E-state index is 13.2. The molecule has 0 bridgehead atoms. The molecule has 3 N–H and O–H groups in total. The van der Waals surface area contributed by atoms with Crippen molar-refractivity contribution in [3.05, 3.63) is 90.7 Å². The molecule has 3 aromatic carbocycles. The Morgan fingerprint density at radius 1 is 0.821 bits per heavy atom. The van der Waals surface area contributed by atoms with Gasteiger partial charge < -0.3 is 0 Å². The highest BCUT2D eigenvalue weighted by Gasteiger charge is 2.27. The van der Waals surface area contributed by atoms with Gasteiger partial charge in [-0.3, -0.25) is 10.9 Å². The van der Waals surface area contributed by atoms with Crippen molar-refractivity contribution in [2.24, 2.45) is 0 Å². The van der Waals surface area contributed by atoms with Crippen LogP contribution in [0, 0.1) is 5.82 Å². The maximum Gasteiger partial charge on any atom is 0.353 e. The third kappa shape index (κ3) is 4.57. The van der Waals surface area contributed by atoms with Crippen molar-refractivity contribution >= 4 is 27.4 Å². The van der Waals surface area contributed by atoms with Crippen LogP contribution in [0.1, 0.15) is 0 Å². The van der Waals surface area contributed by atoms with Crippen molar-refractivity contribution in [1.82, 2.24) is 10.9 Å². The van der Waals surface area contributed by atoms with Gasteiger partial charge in [0.15, 0.2) is 0 Å². The van der Waals surface area contributed by atoms with Crippen LogP contribution in [-0.4, -0.2) is 14.4 Å². The van der Waals surface area contributed by atoms with Gasteiger partial charge in [0.25, 0.3) is 10.0 Å². The van der Waals surface area contributed by atoms with Crippen molar-refractivity contribution in [3.8, 4) is 0 Å². The first-order valence-electron chi connectivity index (χ1n) is 8.20. The lowest BCUT2D eigenvalue weighted by molar-refractivity contribution is 0.243. The van der Waals surface area contributed by atoms with Gasteiger partial charge in [-0.15, -0.1) is 0 Å². The Morgan fingerprint density at radius 2 is 1.39 bits per heavy atom. The number of sulfonamides is 1. The van der Waals surface area contributed by atoms with Crippen LogP contribution >= 0.6 is 0 Å². The number of halogens is 1. The van der Waals surface area contributed by atoms with E-state index in [-0.39, 0.29) is 10.6 Å². The Hall–Kier alpha value is -3.59. The van der Waals surface area contributed by atoms with Crippen LogP contribution in [-0.2, 0) is 10.0 Å². The van der Waals surface area contributed by atoms with Crippen molar-refractivity contribution in [3.63, 3.8) is 0 Å². The summed E-state index contributed by atoms with van der Waals surface area (Å²) in [6.45, 7) is 0. The van der Waals surface area contributed by atoms with Gasteiger partial charge in [0, 0.05) is 0 Å². The fourth-order valence-electron chi connectivity index (χ4n) is 2.31. The minimum atomic E-state index is -4.18. The number of nitrogens with zero attached hydrogens (tertiary/aromatic N) is 1. The molecule has 3 aromatic rings. The van der Waals surface area contributed by atoms with E-state index in [0.717, 1.165) is 28.7 Å². The van der Waals surface area contributed by atoms with Crippen LogP contribution in [0.25, 0.3) is 0 Å². The molecule has 0 aromatic heterocycles. The Morgan fingerprint density at radius 3 is 2.00 bits per heavy atom. The maximum atomic E-state index is 13.2. The summed E-state index contributed by atoms with van der Waals surface area (Å²) in [5.41, 5.74) is 8.15. The number of rotatable bonds is 6. The normalized spacial score (nSPS) is 10.8. The van der Waals surface area contributed by atoms with Gasteiger partial charge in [0.05, 0.1) is 16.3 Å². The van der Waals surface area contributed by atoms with Crippen molar-refractivity contribution in [2.45, 2.75) is 4.90 Å². The summed E-state index contributed by atoms with van der Waals surface area (Å²) in [6, 6.07) is 20.3. The number of anilines is 2. The molecule has 0 heterocycles. The molecule has 0 aliphatic rings. The number of para-hydroxylation sites is 2. The highest BCUT2D eigenvalue weighted by molar-refractivity contribution is 7.92. The van der Waals surface area contributed by atoms with E-state index in [2.05, 4.69) is 16.3 Å². The lowest BCUT2D eigenvalue weighted by Crippen LogP contribution is -2.51. The van der Waals surface area contributed by atoms with Gasteiger partial charge in [0.2, 0.25) is 0 Å². The number of hydrogen-bond acceptors (Lipinski definition) is 4. The number of urea groups is 1. The second kappa shape index (κ2) is 8.40. The number of hydrazine groups is 2. The van der Waals surface area contributed by atoms with E-state index in [4.69, 9.17) is 0 Å². The number of carbonyl (C=O) groups excluding carboxylic acids is 1. The Labute approximate surface area is 161 Å². The molecule has 3 rings (SSSR count). The van der Waals surface area contributed by atoms with E-state index in [9.17, 15) is 17.6 Å². The van der Waals surface area contributed by atoms with E-state index in [0.29, 0.717) is 5.69 Å². The predicted octanol–water partition coefficient (Wildman–Crippen LogP) is 3.26. The summed E-state index contributed by atoms with van der Waals surface area (Å²) in [6.07, 6.45) is 0. The van der Waals surface area contributed by atoms with Gasteiger partial charge >= 0.3 is 6.03 Å². The Bertz CT molecular complexity index is 1030. The average molecular weight is 400 g/mol. The zero-order valence-corrected chi connectivity index (χ0v) is 15.4. The number of hydrogen-bond donors (Lipinski definition) is 3. The molecule has 0 unspecified atom stereocenters. The highest BCUT2D eigenvalue weighted by Crippen LogP contribution is 2.21. The number of benzene rings is 3. The first kappa shape index (κ1) is 19.2. The lowest BCUT2D eigenvalue weighted by atomic mass is 10.3. The largest absolute Gasteiger partial charge is 0.353 e. The molecular weight excluding hydrogens is 383 g/mol. The van der Waals surface area contributed by atoms with Crippen molar-refractivity contribution in [1.29, 1.82) is 0 Å². The lowest BCUT2D eigenvalue weighted by Gasteiger charge is -2.25. The highest BCUT2D eigenvalue weighted by atomic mass is 32.2. The third-order valence-electron chi connectivity index (χ3n) is 3.64. The molecule has 2 amide bonds. The van der Waals surface area contributed by atoms with E-state index < -0.39 is 21.9 Å². The fraction of sp³-hybridized carbons (Fsp3) is 0. The molecule has 0 atom stereocenters. The third-order valence-corrected chi connectivity index (χ3v) is 5.29. The number of carbonyl (C=O) groups is 1. The quantitative estimate of drug-likeness (QED) is 0.554. The molecule has 0 radical (unpaired) electrons. The number of amides is 2. The molecule has 9 heteroatoms. The SMILES string of the molecule is O=C(NNc1ccccc1)NN(c1ccccc1)S(=O)(=O)c1ccc(F)cc1. The van der Waals surface area contributed by atoms with Gasteiger partial charge in [-0.1, -0.05) is 36.4 Å². The summed E-state index contributed by atoms with van der Waals surface area (Å²) in [5, 5.41) is 0. The van der Waals surface area contributed by atoms with Gasteiger partial charge in [-0.2, -0.15) is 12.8 Å². The molecule has 0 aliphatic carbocycles. The van der Waals surface area contributed by atoms with Crippen molar-refractivity contribution in [2.75, 3.05) is 9.84 Å². The zero-order valence-electron chi connectivity index (χ0n) is 14.5. The van der Waals surface area contributed by atoms with Gasteiger partial charge in [-0.05, 0) is 48.5 Å². The fourth-order valence-corrected chi connectivity index (χ4v) is 3.60. The molecule has 28 heavy (non-hydrogen) atoms. The minimum absolute atomic E-state index is 0.172. The van der Waals surface area contributed by atoms with Crippen LogP contribution in [0.4, 0.5) is 20.6 Å². The van der Waals surface area contributed by atoms with Crippen LogP contribution in [0.5, 0.6) is 0 Å². The molecule has 0 aliphatic heterocycles. The van der Waals surface area contributed by atoms with E-state index >= 15 is 0 Å². The van der Waals surface area contributed by atoms with Crippen molar-refractivity contribution < 1.29 is 17.6 Å². The van der Waals surface area contributed by atoms with Crippen LogP contribution in [0.3, 0.4) is 0 Å². The molecule has 0 fully saturated rings. The Kier molecular flexibility index (Phi) is 5.75. The summed E-state index contributed by atoms with van der Waals surface area (Å²) >= 11 is 0. The summed E-state index contributed by atoms with van der Waals surface area (Å²) in [5.74, 6) is -0.567. The van der Waals surface area contributed by atoms with E-state index in [1.807, 2.05) is 6.07 Å². The van der Waals surface area contributed by atoms with Gasteiger partial charge in [-0.25, -0.2) is 14.6 Å². The van der Waals surface area contributed by atoms with Gasteiger partial charge in [0.1, 0.15) is 5.82 Å². The second-order valence-corrected chi connectivity index (χ2v) is 7.40. The topological polar surface area (TPSA) is 90.5 Å². The first-order valence-corrected chi connectivity index (χ1v) is 9.64. The molecule has 0 saturated heterocycles. The van der Waals surface area contributed by atoms with E-state index in [1.165, 1.54) is 12.1 Å². The molecule has 0 spiro atoms. The number of nitrogens with one attached hydrogen (secondary N) is 3. The molecule has 7 nitrogen and oxygen atoms in total. The monoisotopic (exact) mass is 400 g/mol. The smallest absolute Gasteiger partial charge is 0.297 e. The predicted molar refractivity (Wildman–Crippen MR) is 104 cm³/mol. The van der Waals surface area contributed by atoms with Crippen LogP contribution < -0.4 is 20.7 Å². The second-order valence-electron chi connectivity index (χ2n) is 5.62. The molecule has 0 saturated carbocycles. The Balaban J connectivity index is 1.83. The summed E-state index contributed by atoms with van der Waals surface area (Å²) in [4.78, 5) is 12.1. The summed E-state index contributed by atoms with van der Waals surface area (Å²) < 4.78 is 39.9. The van der Waals surface area contributed by atoms with Crippen LogP contribution in [0.15, 0.2) is 89.8 Å². The van der Waals surface area contributed by atoms with E-state index in [1.54, 1.807) is 42.5 Å². The molecular formula is C19H17FN4O3S. The summed E-state index contributed by atoms with van der Waals surface area (Å²) in [7, 11) is -4.18. The minimum Gasteiger partial charge on any atom is -0.297 e. The average Bonchev–Trinajstić information content (AvgIpc) is 2.72.